The third-order valence-corrected chi connectivity index (χ3v) is 3.64. The molecule has 21 heavy (non-hydrogen) atoms. The van der Waals surface area contributed by atoms with Crippen LogP contribution in [-0.4, -0.2) is 27.5 Å². The quantitative estimate of drug-likeness (QED) is 0.760. The predicted molar refractivity (Wildman–Crippen MR) is 80.2 cm³/mol. The zero-order valence-corrected chi connectivity index (χ0v) is 11.8. The van der Waals surface area contributed by atoms with E-state index in [1.807, 2.05) is 24.3 Å². The molecule has 0 amide bonds. The summed E-state index contributed by atoms with van der Waals surface area (Å²) in [4.78, 5) is 11.9. The number of anilines is 1. The number of para-hydroxylation sites is 1. The summed E-state index contributed by atoms with van der Waals surface area (Å²) >= 11 is 1.15. The van der Waals surface area contributed by atoms with Gasteiger partial charge in [-0.15, -0.1) is 10.2 Å². The van der Waals surface area contributed by atoms with Crippen LogP contribution in [-0.2, 0) is 0 Å². The largest absolute Gasteiger partial charge is 0.496 e. The molecule has 7 nitrogen and oxygen atoms in total. The van der Waals surface area contributed by atoms with Gasteiger partial charge in [-0.05, 0) is 18.2 Å². The number of aromatic amines is 1. The van der Waals surface area contributed by atoms with Gasteiger partial charge in [0.1, 0.15) is 5.75 Å². The van der Waals surface area contributed by atoms with Crippen LogP contribution in [0.4, 0.5) is 5.13 Å². The summed E-state index contributed by atoms with van der Waals surface area (Å²) in [5, 5.41) is 14.9. The molecule has 8 heteroatoms. The molecule has 0 atom stereocenters. The number of ether oxygens (including phenoxy) is 1. The van der Waals surface area contributed by atoms with Crippen molar-refractivity contribution >= 4 is 16.5 Å². The van der Waals surface area contributed by atoms with Gasteiger partial charge in [0.2, 0.25) is 5.13 Å². The average molecular weight is 301 g/mol. The van der Waals surface area contributed by atoms with Crippen LogP contribution in [0.5, 0.6) is 5.75 Å². The Hall–Kier alpha value is -2.74. The standard InChI is InChI=1S/C13H11N5O2S/c1-20-10-5-3-2-4-7(10)9-6-8(11(19)16-15-9)12-17-18-13(14)21-12/h2-6H,1H3,(H2,14,18)(H,16,19). The number of aromatic nitrogens is 4. The molecule has 2 aromatic heterocycles. The van der Waals surface area contributed by atoms with E-state index in [0.29, 0.717) is 27.1 Å². The lowest BCUT2D eigenvalue weighted by Crippen LogP contribution is -2.11. The van der Waals surface area contributed by atoms with E-state index in [1.54, 1.807) is 13.2 Å². The van der Waals surface area contributed by atoms with E-state index in [9.17, 15) is 4.79 Å². The molecule has 3 N–H and O–H groups in total. The Labute approximate surface area is 123 Å². The second-order valence-electron chi connectivity index (χ2n) is 4.14. The maximum Gasteiger partial charge on any atom is 0.274 e. The van der Waals surface area contributed by atoms with E-state index in [4.69, 9.17) is 10.5 Å². The third-order valence-electron chi connectivity index (χ3n) is 2.86. The minimum absolute atomic E-state index is 0.306. The van der Waals surface area contributed by atoms with Crippen molar-refractivity contribution in [3.63, 3.8) is 0 Å². The van der Waals surface area contributed by atoms with E-state index in [0.717, 1.165) is 16.9 Å². The van der Waals surface area contributed by atoms with Crippen molar-refractivity contribution in [2.75, 3.05) is 12.8 Å². The monoisotopic (exact) mass is 301 g/mol. The first kappa shape index (κ1) is 13.3. The Morgan fingerprint density at radius 1 is 1.24 bits per heavy atom. The van der Waals surface area contributed by atoms with Gasteiger partial charge >= 0.3 is 0 Å². The predicted octanol–water partition coefficient (Wildman–Crippen LogP) is 1.55. The van der Waals surface area contributed by atoms with Crippen LogP contribution in [0.1, 0.15) is 0 Å². The number of hydrogen-bond acceptors (Lipinski definition) is 7. The van der Waals surface area contributed by atoms with Crippen molar-refractivity contribution in [2.45, 2.75) is 0 Å². The molecule has 1 aromatic carbocycles. The van der Waals surface area contributed by atoms with E-state index in [1.165, 1.54) is 0 Å². The minimum atomic E-state index is -0.343. The second-order valence-corrected chi connectivity index (χ2v) is 5.15. The number of hydrogen-bond donors (Lipinski definition) is 2. The number of nitrogen functional groups attached to an aromatic ring is 1. The molecule has 3 rings (SSSR count). The van der Waals surface area contributed by atoms with Crippen LogP contribution in [0, 0.1) is 0 Å². The molecule has 0 aliphatic rings. The van der Waals surface area contributed by atoms with E-state index in [2.05, 4.69) is 20.4 Å². The van der Waals surface area contributed by atoms with Gasteiger partial charge in [0.05, 0.1) is 18.4 Å². The molecular weight excluding hydrogens is 290 g/mol. The van der Waals surface area contributed by atoms with E-state index in [-0.39, 0.29) is 5.56 Å². The fourth-order valence-electron chi connectivity index (χ4n) is 1.90. The maximum absolute atomic E-state index is 11.9. The molecule has 2 heterocycles. The third kappa shape index (κ3) is 2.48. The average Bonchev–Trinajstić information content (AvgIpc) is 2.94. The summed E-state index contributed by atoms with van der Waals surface area (Å²) in [5.74, 6) is 0.666. The van der Waals surface area contributed by atoms with Gasteiger partial charge in [-0.2, -0.15) is 5.10 Å². The van der Waals surface area contributed by atoms with Gasteiger partial charge in [0.15, 0.2) is 5.01 Å². The number of nitrogens with zero attached hydrogens (tertiary/aromatic N) is 3. The number of methoxy groups -OCH3 is 1. The highest BCUT2D eigenvalue weighted by molar-refractivity contribution is 7.18. The highest BCUT2D eigenvalue weighted by Crippen LogP contribution is 2.30. The number of nitrogens with one attached hydrogen (secondary N) is 1. The Morgan fingerprint density at radius 2 is 2.05 bits per heavy atom. The molecule has 0 radical (unpaired) electrons. The second kappa shape index (κ2) is 5.33. The molecular formula is C13H11N5O2S. The molecule has 0 unspecified atom stereocenters. The van der Waals surface area contributed by atoms with Gasteiger partial charge in [-0.25, -0.2) is 5.10 Å². The summed E-state index contributed by atoms with van der Waals surface area (Å²) in [6, 6.07) is 9.06. The van der Waals surface area contributed by atoms with E-state index >= 15 is 0 Å². The zero-order valence-electron chi connectivity index (χ0n) is 11.0. The maximum atomic E-state index is 11.9. The smallest absolute Gasteiger partial charge is 0.274 e. The molecule has 0 saturated carbocycles. The lowest BCUT2D eigenvalue weighted by Gasteiger charge is -2.07. The summed E-state index contributed by atoms with van der Waals surface area (Å²) in [6.07, 6.45) is 0. The summed E-state index contributed by atoms with van der Waals surface area (Å²) in [5.41, 5.74) is 6.94. The number of H-pyrrole nitrogens is 1. The Bertz CT molecular complexity index is 842. The van der Waals surface area contributed by atoms with Crippen molar-refractivity contribution < 1.29 is 4.74 Å². The summed E-state index contributed by atoms with van der Waals surface area (Å²) < 4.78 is 5.30. The highest BCUT2D eigenvalue weighted by Gasteiger charge is 2.13. The first-order valence-corrected chi connectivity index (χ1v) is 6.83. The topological polar surface area (TPSA) is 107 Å². The van der Waals surface area contributed by atoms with Gasteiger partial charge < -0.3 is 10.5 Å². The fourth-order valence-corrected chi connectivity index (χ4v) is 2.53. The Balaban J connectivity index is 2.16. The van der Waals surface area contributed by atoms with Crippen molar-refractivity contribution in [3.05, 3.63) is 40.7 Å². The van der Waals surface area contributed by atoms with Crippen LogP contribution in [0.15, 0.2) is 35.1 Å². The van der Waals surface area contributed by atoms with Crippen molar-refractivity contribution in [1.29, 1.82) is 0 Å². The van der Waals surface area contributed by atoms with Crippen LogP contribution < -0.4 is 16.0 Å². The molecule has 0 aliphatic heterocycles. The SMILES string of the molecule is COc1ccccc1-c1cc(-c2nnc(N)s2)c(=O)[nH]n1. The van der Waals surface area contributed by atoms with Crippen molar-refractivity contribution in [3.8, 4) is 27.6 Å². The van der Waals surface area contributed by atoms with Crippen LogP contribution in [0.25, 0.3) is 21.8 Å². The first-order valence-electron chi connectivity index (χ1n) is 6.01. The van der Waals surface area contributed by atoms with Crippen LogP contribution >= 0.6 is 11.3 Å². The number of nitrogens with two attached hydrogens (primary N) is 1. The normalized spacial score (nSPS) is 10.5. The summed E-state index contributed by atoms with van der Waals surface area (Å²) in [6.45, 7) is 0. The van der Waals surface area contributed by atoms with Crippen molar-refractivity contribution in [2.24, 2.45) is 0 Å². The molecule has 0 aliphatic carbocycles. The minimum Gasteiger partial charge on any atom is -0.496 e. The lowest BCUT2D eigenvalue weighted by molar-refractivity contribution is 0.416. The van der Waals surface area contributed by atoms with Gasteiger partial charge in [-0.3, -0.25) is 4.79 Å². The van der Waals surface area contributed by atoms with E-state index < -0.39 is 0 Å². The number of rotatable bonds is 3. The fraction of sp³-hybridized carbons (Fsp3) is 0.0769. The highest BCUT2D eigenvalue weighted by atomic mass is 32.1. The Morgan fingerprint density at radius 3 is 2.76 bits per heavy atom. The first-order chi connectivity index (χ1) is 10.2. The molecule has 0 fully saturated rings. The van der Waals surface area contributed by atoms with Gasteiger partial charge in [0.25, 0.3) is 5.56 Å². The van der Waals surface area contributed by atoms with Gasteiger partial charge in [0, 0.05) is 5.56 Å². The van der Waals surface area contributed by atoms with Crippen LogP contribution in [0.2, 0.25) is 0 Å². The molecule has 0 saturated heterocycles. The van der Waals surface area contributed by atoms with Crippen molar-refractivity contribution in [1.82, 2.24) is 20.4 Å². The number of benzene rings is 1. The zero-order chi connectivity index (χ0) is 14.8. The lowest BCUT2D eigenvalue weighted by atomic mass is 10.1. The summed E-state index contributed by atoms with van der Waals surface area (Å²) in [7, 11) is 1.58. The van der Waals surface area contributed by atoms with Crippen LogP contribution in [0.3, 0.4) is 0 Å². The molecule has 0 spiro atoms. The Kier molecular flexibility index (Phi) is 3.36. The van der Waals surface area contributed by atoms with Gasteiger partial charge in [-0.1, -0.05) is 23.5 Å². The molecule has 3 aromatic rings. The molecule has 106 valence electrons. The molecule has 0 bridgehead atoms.